The number of amides is 2. The van der Waals surface area contributed by atoms with Crippen molar-refractivity contribution in [3.8, 4) is 0 Å². The van der Waals surface area contributed by atoms with Crippen LogP contribution in [0.3, 0.4) is 0 Å². The maximum absolute atomic E-state index is 12.2. The third-order valence-corrected chi connectivity index (χ3v) is 4.71. The van der Waals surface area contributed by atoms with E-state index in [1.54, 1.807) is 36.3 Å². The Morgan fingerprint density at radius 1 is 1.16 bits per heavy atom. The second kappa shape index (κ2) is 7.85. The maximum atomic E-state index is 12.2. The highest BCUT2D eigenvalue weighted by atomic mass is 32.1. The summed E-state index contributed by atoms with van der Waals surface area (Å²) in [5.74, 6) is -0.307. The summed E-state index contributed by atoms with van der Waals surface area (Å²) >= 11 is 1.38. The average Bonchev–Trinajstić information content (AvgIpc) is 3.09. The van der Waals surface area contributed by atoms with Crippen LogP contribution in [0.15, 0.2) is 48.7 Å². The summed E-state index contributed by atoms with van der Waals surface area (Å²) in [7, 11) is 1.73. The molecule has 0 saturated heterocycles. The molecule has 0 aliphatic heterocycles. The van der Waals surface area contributed by atoms with E-state index >= 15 is 0 Å². The minimum atomic E-state index is -0.181. The lowest BCUT2D eigenvalue weighted by Gasteiger charge is -2.16. The molecule has 3 rings (SSSR count). The Balaban J connectivity index is 1.46. The summed E-state index contributed by atoms with van der Waals surface area (Å²) in [5, 5.41) is 3.31. The minimum Gasteiger partial charge on any atom is -0.350 e. The number of rotatable bonds is 6. The van der Waals surface area contributed by atoms with Crippen molar-refractivity contribution in [3.63, 3.8) is 0 Å². The summed E-state index contributed by atoms with van der Waals surface area (Å²) in [6.07, 6.45) is 2.25. The first-order valence-corrected chi connectivity index (χ1v) is 8.77. The molecule has 128 valence electrons. The number of pyridine rings is 1. The van der Waals surface area contributed by atoms with E-state index in [0.29, 0.717) is 30.2 Å². The number of fused-ring (bicyclic) bond motifs is 1. The van der Waals surface area contributed by atoms with Gasteiger partial charge in [-0.25, -0.2) is 4.98 Å². The molecule has 25 heavy (non-hydrogen) atoms. The molecule has 0 bridgehead atoms. The van der Waals surface area contributed by atoms with Crippen LogP contribution in [0.25, 0.3) is 10.2 Å². The van der Waals surface area contributed by atoms with E-state index in [1.165, 1.54) is 11.3 Å². The van der Waals surface area contributed by atoms with Gasteiger partial charge in [0.1, 0.15) is 5.69 Å². The third-order valence-electron chi connectivity index (χ3n) is 3.67. The van der Waals surface area contributed by atoms with E-state index in [-0.39, 0.29) is 11.8 Å². The van der Waals surface area contributed by atoms with Gasteiger partial charge < -0.3 is 10.2 Å². The second-order valence-electron chi connectivity index (χ2n) is 5.54. The first kappa shape index (κ1) is 17.0. The highest BCUT2D eigenvalue weighted by molar-refractivity contribution is 7.20. The van der Waals surface area contributed by atoms with Gasteiger partial charge in [0.05, 0.1) is 10.2 Å². The summed E-state index contributed by atoms with van der Waals surface area (Å²) in [6, 6.07) is 12.9. The molecule has 7 heteroatoms. The molecule has 1 N–H and O–H groups in total. The number of carbonyl (C=O) groups excluding carboxylic acids is 2. The minimum absolute atomic E-state index is 0.127. The van der Waals surface area contributed by atoms with E-state index in [2.05, 4.69) is 15.3 Å². The highest BCUT2D eigenvalue weighted by Gasteiger charge is 2.13. The lowest BCUT2D eigenvalue weighted by Crippen LogP contribution is -2.31. The van der Waals surface area contributed by atoms with E-state index in [9.17, 15) is 9.59 Å². The van der Waals surface area contributed by atoms with Crippen LogP contribution in [0.4, 0.5) is 0 Å². The van der Waals surface area contributed by atoms with Crippen LogP contribution in [0.5, 0.6) is 0 Å². The Morgan fingerprint density at radius 2 is 1.96 bits per heavy atom. The lowest BCUT2D eigenvalue weighted by molar-refractivity contribution is 0.0787. The fourth-order valence-electron chi connectivity index (χ4n) is 2.35. The number of aromatic nitrogens is 2. The molecule has 0 aliphatic rings. The Hall–Kier alpha value is -2.80. The van der Waals surface area contributed by atoms with Gasteiger partial charge in [-0.1, -0.05) is 18.2 Å². The molecular weight excluding hydrogens is 336 g/mol. The Kier molecular flexibility index (Phi) is 5.35. The van der Waals surface area contributed by atoms with Crippen LogP contribution < -0.4 is 5.32 Å². The first-order valence-electron chi connectivity index (χ1n) is 7.95. The van der Waals surface area contributed by atoms with Gasteiger partial charge in [-0.05, 0) is 30.7 Å². The van der Waals surface area contributed by atoms with E-state index in [4.69, 9.17) is 0 Å². The lowest BCUT2D eigenvalue weighted by atomic mass is 10.3. The fourth-order valence-corrected chi connectivity index (χ4v) is 3.23. The Morgan fingerprint density at radius 3 is 2.72 bits per heavy atom. The third kappa shape index (κ3) is 4.19. The number of thiazole rings is 1. The van der Waals surface area contributed by atoms with Crippen molar-refractivity contribution < 1.29 is 9.59 Å². The van der Waals surface area contributed by atoms with Crippen LogP contribution in [0.2, 0.25) is 0 Å². The highest BCUT2D eigenvalue weighted by Crippen LogP contribution is 2.21. The quantitative estimate of drug-likeness (QED) is 0.691. The second-order valence-corrected chi connectivity index (χ2v) is 6.57. The average molecular weight is 354 g/mol. The molecule has 2 amide bonds. The monoisotopic (exact) mass is 354 g/mol. The van der Waals surface area contributed by atoms with Gasteiger partial charge in [0.25, 0.3) is 11.8 Å². The molecule has 1 aromatic carbocycles. The van der Waals surface area contributed by atoms with E-state index in [1.807, 2.05) is 24.3 Å². The summed E-state index contributed by atoms with van der Waals surface area (Å²) < 4.78 is 0.994. The Labute approximate surface area is 149 Å². The van der Waals surface area contributed by atoms with Crippen LogP contribution in [-0.4, -0.2) is 46.8 Å². The zero-order chi connectivity index (χ0) is 17.6. The van der Waals surface area contributed by atoms with Gasteiger partial charge in [0, 0.05) is 26.3 Å². The van der Waals surface area contributed by atoms with Gasteiger partial charge in [-0.3, -0.25) is 14.6 Å². The molecule has 0 radical (unpaired) electrons. The molecule has 0 aliphatic carbocycles. The van der Waals surface area contributed by atoms with Gasteiger partial charge in [-0.2, -0.15) is 0 Å². The number of benzene rings is 1. The predicted octanol–water partition coefficient (Wildman–Crippen LogP) is 2.58. The number of hydrogen-bond donors (Lipinski definition) is 1. The van der Waals surface area contributed by atoms with Crippen LogP contribution in [-0.2, 0) is 0 Å². The molecule has 0 atom stereocenters. The smallest absolute Gasteiger partial charge is 0.280 e. The summed E-state index contributed by atoms with van der Waals surface area (Å²) in [5.41, 5.74) is 1.25. The Bertz CT molecular complexity index is 846. The maximum Gasteiger partial charge on any atom is 0.280 e. The zero-order valence-electron chi connectivity index (χ0n) is 13.8. The molecule has 2 heterocycles. The first-order chi connectivity index (χ1) is 12.1. The number of hydrogen-bond acceptors (Lipinski definition) is 5. The van der Waals surface area contributed by atoms with Crippen molar-refractivity contribution in [1.82, 2.24) is 20.2 Å². The molecule has 2 aromatic heterocycles. The van der Waals surface area contributed by atoms with Crippen molar-refractivity contribution >= 4 is 33.4 Å². The van der Waals surface area contributed by atoms with Crippen molar-refractivity contribution in [1.29, 1.82) is 0 Å². The molecule has 3 aromatic rings. The van der Waals surface area contributed by atoms with Crippen LogP contribution >= 0.6 is 11.3 Å². The van der Waals surface area contributed by atoms with Gasteiger partial charge in [0.15, 0.2) is 5.01 Å². The normalized spacial score (nSPS) is 10.6. The van der Waals surface area contributed by atoms with Crippen molar-refractivity contribution in [2.75, 3.05) is 20.1 Å². The van der Waals surface area contributed by atoms with Crippen LogP contribution in [0.1, 0.15) is 26.7 Å². The number of nitrogens with one attached hydrogen (secondary N) is 1. The van der Waals surface area contributed by atoms with Crippen LogP contribution in [0, 0.1) is 0 Å². The van der Waals surface area contributed by atoms with Gasteiger partial charge in [-0.15, -0.1) is 11.3 Å². The van der Waals surface area contributed by atoms with E-state index in [0.717, 1.165) is 10.2 Å². The molecular formula is C18H18N4O2S. The van der Waals surface area contributed by atoms with E-state index < -0.39 is 0 Å². The standard InChI is InChI=1S/C18H18N4O2S/c1-22(18(24)14-8-4-5-10-19-14)12-6-11-20-16(23)17-21-13-7-2-3-9-15(13)25-17/h2-5,7-10H,6,11-12H2,1H3,(H,20,23). The van der Waals surface area contributed by atoms with Gasteiger partial charge in [0.2, 0.25) is 0 Å². The largest absolute Gasteiger partial charge is 0.350 e. The number of para-hydroxylation sites is 1. The van der Waals surface area contributed by atoms with Crippen molar-refractivity contribution in [2.24, 2.45) is 0 Å². The topological polar surface area (TPSA) is 75.2 Å². The molecule has 0 fully saturated rings. The summed E-state index contributed by atoms with van der Waals surface area (Å²) in [4.78, 5) is 34.3. The molecule has 0 unspecified atom stereocenters. The number of carbonyl (C=O) groups is 2. The fraction of sp³-hybridized carbons (Fsp3) is 0.222. The van der Waals surface area contributed by atoms with Crippen molar-refractivity contribution in [2.45, 2.75) is 6.42 Å². The molecule has 0 saturated carbocycles. The van der Waals surface area contributed by atoms with Crippen molar-refractivity contribution in [3.05, 3.63) is 59.4 Å². The van der Waals surface area contributed by atoms with Gasteiger partial charge >= 0.3 is 0 Å². The predicted molar refractivity (Wildman–Crippen MR) is 97.8 cm³/mol. The number of nitrogens with zero attached hydrogens (tertiary/aromatic N) is 3. The zero-order valence-corrected chi connectivity index (χ0v) is 14.6. The SMILES string of the molecule is CN(CCCNC(=O)c1nc2ccccc2s1)C(=O)c1ccccn1. The molecule has 6 nitrogen and oxygen atoms in total. The molecule has 0 spiro atoms. The summed E-state index contributed by atoms with van der Waals surface area (Å²) in [6.45, 7) is 1.02.